The molecule has 0 aromatic carbocycles. The van der Waals surface area contributed by atoms with Gasteiger partial charge in [0, 0.05) is 19.3 Å². The predicted molar refractivity (Wildman–Crippen MR) is 214 cm³/mol. The highest BCUT2D eigenvalue weighted by atomic mass is 16.6. The van der Waals surface area contributed by atoms with Crippen molar-refractivity contribution in [3.63, 3.8) is 0 Å². The van der Waals surface area contributed by atoms with E-state index in [1.54, 1.807) is 20.8 Å². The van der Waals surface area contributed by atoms with Gasteiger partial charge in [-0.1, -0.05) is 141 Å². The molecule has 1 unspecified atom stereocenters. The van der Waals surface area contributed by atoms with Crippen molar-refractivity contribution in [2.24, 2.45) is 0 Å². The Morgan fingerprint density at radius 3 is 1.31 bits per heavy atom. The van der Waals surface area contributed by atoms with Gasteiger partial charge in [0.1, 0.15) is 5.60 Å². The number of esters is 2. The van der Waals surface area contributed by atoms with Crippen molar-refractivity contribution in [2.75, 3.05) is 6.61 Å². The lowest BCUT2D eigenvalue weighted by atomic mass is 10.1. The quantitative estimate of drug-likeness (QED) is 0.0230. The van der Waals surface area contributed by atoms with Gasteiger partial charge in [0.2, 0.25) is 0 Å². The minimum Gasteiger partial charge on any atom is -0.465 e. The molecule has 298 valence electrons. The van der Waals surface area contributed by atoms with Crippen molar-refractivity contribution in [3.8, 4) is 0 Å². The van der Waals surface area contributed by atoms with Gasteiger partial charge < -0.3 is 14.2 Å². The van der Waals surface area contributed by atoms with E-state index in [0.29, 0.717) is 12.8 Å². The average molecular weight is 720 g/mol. The molecule has 0 aliphatic heterocycles. The number of hydrogen-bond donors (Lipinski definition) is 1. The van der Waals surface area contributed by atoms with E-state index in [1.807, 2.05) is 0 Å². The fourth-order valence-electron chi connectivity index (χ4n) is 5.85. The summed E-state index contributed by atoms with van der Waals surface area (Å²) >= 11 is 0. The minimum absolute atomic E-state index is 0.0606. The molecule has 1 N–H and O–H groups in total. The summed E-state index contributed by atoms with van der Waals surface area (Å²) in [7, 11) is 0. The summed E-state index contributed by atoms with van der Waals surface area (Å²) in [6, 6.07) is 0. The summed E-state index contributed by atoms with van der Waals surface area (Å²) in [6.45, 7) is 9.90. The van der Waals surface area contributed by atoms with Crippen LogP contribution in [0.5, 0.6) is 0 Å². The van der Waals surface area contributed by atoms with Crippen LogP contribution in [0.4, 0.5) is 4.79 Å². The molecule has 0 aliphatic rings. The Labute approximate surface area is 314 Å². The first kappa shape index (κ1) is 48.7. The second-order valence-electron chi connectivity index (χ2n) is 15.3. The number of ether oxygens (including phenoxy) is 3. The molecule has 0 bridgehead atoms. The molecule has 0 saturated heterocycles. The molecule has 1 amide bonds. The molecule has 7 heteroatoms. The van der Waals surface area contributed by atoms with Gasteiger partial charge in [-0.05, 0) is 85.0 Å². The number of nitrogens with one attached hydrogen (secondary N) is 1. The molecule has 0 fully saturated rings. The third kappa shape index (κ3) is 38.7. The first-order chi connectivity index (χ1) is 24.7. The first-order valence-electron chi connectivity index (χ1n) is 21.3. The van der Waals surface area contributed by atoms with Crippen molar-refractivity contribution < 1.29 is 28.6 Å². The van der Waals surface area contributed by atoms with Crippen molar-refractivity contribution in [2.45, 2.75) is 233 Å². The van der Waals surface area contributed by atoms with Crippen LogP contribution in [-0.4, -0.2) is 36.5 Å². The van der Waals surface area contributed by atoms with E-state index < -0.39 is 17.9 Å². The average Bonchev–Trinajstić information content (AvgIpc) is 3.07. The fourth-order valence-corrected chi connectivity index (χ4v) is 5.85. The van der Waals surface area contributed by atoms with Gasteiger partial charge in [-0.2, -0.15) is 0 Å². The van der Waals surface area contributed by atoms with Gasteiger partial charge in [0.25, 0.3) is 0 Å². The second-order valence-corrected chi connectivity index (χ2v) is 15.3. The van der Waals surface area contributed by atoms with Crippen LogP contribution in [0.2, 0.25) is 0 Å². The maximum absolute atomic E-state index is 12.6. The Morgan fingerprint density at radius 2 is 0.902 bits per heavy atom. The highest BCUT2D eigenvalue weighted by Crippen LogP contribution is 2.14. The number of alkyl carbamates (subject to hydrolysis) is 1. The monoisotopic (exact) mass is 720 g/mol. The smallest absolute Gasteiger partial charge is 0.410 e. The fraction of sp³-hybridized carbons (Fsp3) is 0.841. The number of rotatable bonds is 35. The van der Waals surface area contributed by atoms with Crippen LogP contribution in [0, 0.1) is 0 Å². The summed E-state index contributed by atoms with van der Waals surface area (Å²) < 4.78 is 16.3. The maximum Gasteiger partial charge on any atom is 0.410 e. The summed E-state index contributed by atoms with van der Waals surface area (Å²) in [5, 5.41) is 2.63. The summed E-state index contributed by atoms with van der Waals surface area (Å²) in [5.74, 6) is -0.628. The lowest BCUT2D eigenvalue weighted by Crippen LogP contribution is -2.42. The zero-order valence-corrected chi connectivity index (χ0v) is 34.0. The van der Waals surface area contributed by atoms with Gasteiger partial charge >= 0.3 is 18.0 Å². The molecule has 51 heavy (non-hydrogen) atoms. The molecular formula is C44H81NO6. The molecule has 1 atom stereocenters. The minimum atomic E-state index is -0.914. The van der Waals surface area contributed by atoms with Crippen LogP contribution < -0.4 is 5.32 Å². The number of amides is 1. The van der Waals surface area contributed by atoms with Crippen LogP contribution >= 0.6 is 0 Å². The third-order valence-electron chi connectivity index (χ3n) is 8.88. The Morgan fingerprint density at radius 1 is 0.529 bits per heavy atom. The molecule has 0 spiro atoms. The van der Waals surface area contributed by atoms with E-state index in [0.717, 1.165) is 57.8 Å². The van der Waals surface area contributed by atoms with E-state index in [4.69, 9.17) is 14.2 Å². The number of allylic oxidation sites excluding steroid dienone is 4. The lowest BCUT2D eigenvalue weighted by Gasteiger charge is -2.23. The van der Waals surface area contributed by atoms with Crippen molar-refractivity contribution >= 4 is 18.0 Å². The molecule has 0 rings (SSSR count). The SMILES string of the molecule is CCCCCCCC/C=C\CCCCCCCC(=O)OCCC(NC(=O)OC(C)(C)C)OC(=O)CCCCCCC/C=C\CCCCCCCC. The Kier molecular flexibility index (Phi) is 34.4. The number of hydrogen-bond acceptors (Lipinski definition) is 6. The topological polar surface area (TPSA) is 90.9 Å². The zero-order valence-electron chi connectivity index (χ0n) is 34.0. The van der Waals surface area contributed by atoms with E-state index in [9.17, 15) is 14.4 Å². The maximum atomic E-state index is 12.6. The van der Waals surface area contributed by atoms with Gasteiger partial charge in [0.15, 0.2) is 6.23 Å². The predicted octanol–water partition coefficient (Wildman–Crippen LogP) is 13.4. The van der Waals surface area contributed by atoms with Crippen LogP contribution in [-0.2, 0) is 23.8 Å². The lowest BCUT2D eigenvalue weighted by molar-refractivity contribution is -0.152. The largest absolute Gasteiger partial charge is 0.465 e. The molecule has 0 radical (unpaired) electrons. The standard InChI is InChI=1S/C44H81NO6/c1-6-8-10-12-14-16-18-20-22-24-26-28-30-32-34-36-41(46)49-39-38-40(45-43(48)51-44(3,4)5)50-42(47)37-35-33-31-29-27-25-23-21-19-17-15-13-11-9-7-2/h20-23,40H,6-19,24-39H2,1-5H3,(H,45,48)/b22-20-,23-21-. The van der Waals surface area contributed by atoms with E-state index in [-0.39, 0.29) is 25.0 Å². The molecule has 0 aromatic rings. The van der Waals surface area contributed by atoms with Gasteiger partial charge in [-0.25, -0.2) is 4.79 Å². The Balaban J connectivity index is 4.11. The van der Waals surface area contributed by atoms with Crippen LogP contribution in [0.15, 0.2) is 24.3 Å². The molecule has 0 aromatic heterocycles. The Hall–Kier alpha value is -2.31. The summed E-state index contributed by atoms with van der Waals surface area (Å²) in [4.78, 5) is 37.3. The number of carbonyl (C=O) groups is 3. The molecular weight excluding hydrogens is 638 g/mol. The van der Waals surface area contributed by atoms with Crippen molar-refractivity contribution in [1.29, 1.82) is 0 Å². The normalized spacial score (nSPS) is 12.4. The van der Waals surface area contributed by atoms with Crippen LogP contribution in [0.25, 0.3) is 0 Å². The zero-order chi connectivity index (χ0) is 37.7. The van der Waals surface area contributed by atoms with Gasteiger partial charge in [-0.3, -0.25) is 14.9 Å². The highest BCUT2D eigenvalue weighted by molar-refractivity contribution is 5.71. The van der Waals surface area contributed by atoms with Gasteiger partial charge in [0.05, 0.1) is 6.61 Å². The molecule has 0 heterocycles. The summed E-state index contributed by atoms with van der Waals surface area (Å²) in [5.41, 5.74) is -0.682. The molecule has 7 nitrogen and oxygen atoms in total. The third-order valence-corrected chi connectivity index (χ3v) is 8.88. The second kappa shape index (κ2) is 36.1. The van der Waals surface area contributed by atoms with Crippen LogP contribution in [0.3, 0.4) is 0 Å². The molecule has 0 aliphatic carbocycles. The van der Waals surface area contributed by atoms with Crippen LogP contribution in [0.1, 0.15) is 221 Å². The first-order valence-corrected chi connectivity index (χ1v) is 21.3. The van der Waals surface area contributed by atoms with E-state index in [1.165, 1.54) is 109 Å². The van der Waals surface area contributed by atoms with Crippen molar-refractivity contribution in [3.05, 3.63) is 24.3 Å². The Bertz CT molecular complexity index is 877. The number of carbonyl (C=O) groups excluding carboxylic acids is 3. The van der Waals surface area contributed by atoms with Gasteiger partial charge in [-0.15, -0.1) is 0 Å². The molecule has 0 saturated carbocycles. The number of unbranched alkanes of at least 4 members (excludes halogenated alkanes) is 22. The van der Waals surface area contributed by atoms with Crippen molar-refractivity contribution in [1.82, 2.24) is 5.32 Å². The van der Waals surface area contributed by atoms with E-state index in [2.05, 4.69) is 43.5 Å². The summed E-state index contributed by atoms with van der Waals surface area (Å²) in [6.07, 6.45) is 39.8. The highest BCUT2D eigenvalue weighted by Gasteiger charge is 2.22. The van der Waals surface area contributed by atoms with E-state index >= 15 is 0 Å².